The second-order valence-corrected chi connectivity index (χ2v) is 14.7. The van der Waals surface area contributed by atoms with Crippen molar-refractivity contribution in [1.82, 2.24) is 5.32 Å². The molecule has 0 aliphatic heterocycles. The van der Waals surface area contributed by atoms with Crippen LogP contribution in [0.15, 0.2) is 36.5 Å². The highest BCUT2D eigenvalue weighted by Gasteiger charge is 2.23. The second kappa shape index (κ2) is 28.9. The van der Waals surface area contributed by atoms with Crippen LogP contribution in [0.5, 0.6) is 0 Å². The third-order valence-corrected chi connectivity index (χ3v) is 8.59. The maximum Gasteiger partial charge on any atom is 0.268 e. The number of amides is 1. The fourth-order valence-corrected chi connectivity index (χ4v) is 5.40. The molecule has 0 rings (SSSR count). The van der Waals surface area contributed by atoms with E-state index >= 15 is 0 Å². The molecule has 0 radical (unpaired) electrons. The Labute approximate surface area is 276 Å². The first-order valence-electron chi connectivity index (χ1n) is 17.9. The van der Waals surface area contributed by atoms with Gasteiger partial charge in [0.2, 0.25) is 5.91 Å². The Morgan fingerprint density at radius 1 is 0.778 bits per heavy atom. The molecule has 1 amide bonds. The molecule has 0 aromatic carbocycles. The zero-order valence-corrected chi connectivity index (χ0v) is 30.5. The van der Waals surface area contributed by atoms with Gasteiger partial charge in [-0.1, -0.05) is 121 Å². The van der Waals surface area contributed by atoms with Gasteiger partial charge in [-0.2, -0.15) is 0 Å². The first-order chi connectivity index (χ1) is 21.5. The van der Waals surface area contributed by atoms with Crippen LogP contribution in [-0.2, 0) is 18.4 Å². The summed E-state index contributed by atoms with van der Waals surface area (Å²) in [6.07, 6.45) is 32.0. The molecule has 1 unspecified atom stereocenters. The zero-order valence-electron chi connectivity index (χ0n) is 29.6. The van der Waals surface area contributed by atoms with Gasteiger partial charge in [0.1, 0.15) is 13.2 Å². The molecule has 0 aromatic heterocycles. The fraction of sp³-hybridized carbons (Fsp3) is 0.806. The monoisotopic (exact) mass is 656 g/mol. The van der Waals surface area contributed by atoms with E-state index in [-0.39, 0.29) is 12.5 Å². The predicted octanol–water partition coefficient (Wildman–Crippen LogP) is 8.16. The third kappa shape index (κ3) is 31.1. The summed E-state index contributed by atoms with van der Waals surface area (Å²) >= 11 is 0. The SMILES string of the molecule is CCCCCCC/C=C/C=C/[C@@H](O)[C@H](COP(=O)([O-])OCC[N+](C)(C)C)NC(=O)CCCCCCC/C=C/CCCCCCC. The summed E-state index contributed by atoms with van der Waals surface area (Å²) in [4.78, 5) is 25.0. The van der Waals surface area contributed by atoms with Crippen molar-refractivity contribution < 1.29 is 32.9 Å². The molecule has 9 heteroatoms. The Bertz CT molecular complexity index is 840. The van der Waals surface area contributed by atoms with Gasteiger partial charge in [-0.25, -0.2) is 0 Å². The minimum atomic E-state index is -4.59. The highest BCUT2D eigenvalue weighted by atomic mass is 31.2. The number of phosphoric acid groups is 1. The van der Waals surface area contributed by atoms with Crippen molar-refractivity contribution in [3.05, 3.63) is 36.5 Å². The standard InChI is InChI=1S/C36H69N2O6P/c1-6-8-10-12-14-16-17-18-19-20-22-24-26-28-30-36(40)37-34(33-44-45(41,42)43-32-31-38(3,4)5)35(39)29-27-25-23-21-15-13-11-9-7-2/h17-18,23,25,27,29,34-35,39H,6-16,19-22,24,26,28,30-33H2,1-5H3,(H-,37,40,41,42)/b18-17+,25-23+,29-27+/t34-,35+/m0/s1. The molecular weight excluding hydrogens is 587 g/mol. The summed E-state index contributed by atoms with van der Waals surface area (Å²) < 4.78 is 22.9. The van der Waals surface area contributed by atoms with Gasteiger partial charge in [-0.05, 0) is 44.9 Å². The van der Waals surface area contributed by atoms with Crippen molar-refractivity contribution in [2.75, 3.05) is 40.9 Å². The quantitative estimate of drug-likeness (QED) is 0.0256. The molecule has 0 saturated heterocycles. The summed E-state index contributed by atoms with van der Waals surface area (Å²) in [7, 11) is 1.22. The van der Waals surface area contributed by atoms with Gasteiger partial charge < -0.3 is 28.8 Å². The number of quaternary nitrogens is 1. The van der Waals surface area contributed by atoms with Crippen molar-refractivity contribution in [3.63, 3.8) is 0 Å². The van der Waals surface area contributed by atoms with Gasteiger partial charge in [0.05, 0.1) is 39.9 Å². The van der Waals surface area contributed by atoms with E-state index in [0.29, 0.717) is 17.4 Å². The van der Waals surface area contributed by atoms with E-state index in [1.807, 2.05) is 27.2 Å². The van der Waals surface area contributed by atoms with E-state index in [0.717, 1.165) is 51.4 Å². The second-order valence-electron chi connectivity index (χ2n) is 13.3. The Hall–Kier alpha value is -1.28. The van der Waals surface area contributed by atoms with Crippen LogP contribution in [0.4, 0.5) is 0 Å². The van der Waals surface area contributed by atoms with Crippen LogP contribution < -0.4 is 10.2 Å². The lowest BCUT2D eigenvalue weighted by molar-refractivity contribution is -0.870. The first kappa shape index (κ1) is 43.7. The first-order valence-corrected chi connectivity index (χ1v) is 19.3. The predicted molar refractivity (Wildman–Crippen MR) is 187 cm³/mol. The minimum Gasteiger partial charge on any atom is -0.756 e. The number of likely N-dealkylation sites (N-methyl/N-ethyl adjacent to an activating group) is 1. The maximum atomic E-state index is 12.7. The van der Waals surface area contributed by atoms with Crippen molar-refractivity contribution in [2.45, 2.75) is 148 Å². The molecule has 0 saturated carbocycles. The Morgan fingerprint density at radius 3 is 1.84 bits per heavy atom. The van der Waals surface area contributed by atoms with Crippen molar-refractivity contribution >= 4 is 13.7 Å². The highest BCUT2D eigenvalue weighted by molar-refractivity contribution is 7.45. The number of aliphatic hydroxyl groups excluding tert-OH is 1. The van der Waals surface area contributed by atoms with Crippen molar-refractivity contribution in [3.8, 4) is 0 Å². The molecule has 0 spiro atoms. The van der Waals surface area contributed by atoms with Gasteiger partial charge in [-0.3, -0.25) is 9.36 Å². The topological polar surface area (TPSA) is 108 Å². The van der Waals surface area contributed by atoms with Crippen LogP contribution in [0.25, 0.3) is 0 Å². The number of carbonyl (C=O) groups excluding carboxylic acids is 1. The molecule has 0 aliphatic carbocycles. The van der Waals surface area contributed by atoms with Crippen LogP contribution >= 0.6 is 7.82 Å². The van der Waals surface area contributed by atoms with Gasteiger partial charge in [0.25, 0.3) is 7.82 Å². The van der Waals surface area contributed by atoms with Crippen LogP contribution in [0.2, 0.25) is 0 Å². The molecule has 8 nitrogen and oxygen atoms in total. The number of phosphoric ester groups is 1. The summed E-state index contributed by atoms with van der Waals surface area (Å²) in [5.41, 5.74) is 0. The van der Waals surface area contributed by atoms with Crippen molar-refractivity contribution in [2.24, 2.45) is 0 Å². The fourth-order valence-electron chi connectivity index (χ4n) is 4.67. The molecule has 0 fully saturated rings. The molecule has 45 heavy (non-hydrogen) atoms. The highest BCUT2D eigenvalue weighted by Crippen LogP contribution is 2.38. The van der Waals surface area contributed by atoms with Crippen molar-refractivity contribution in [1.29, 1.82) is 0 Å². The lowest BCUT2D eigenvalue weighted by Crippen LogP contribution is -2.45. The number of nitrogens with zero attached hydrogens (tertiary/aromatic N) is 1. The summed E-state index contributed by atoms with van der Waals surface area (Å²) in [6, 6.07) is -0.918. The lowest BCUT2D eigenvalue weighted by atomic mass is 10.1. The normalized spacial score (nSPS) is 15.3. The number of nitrogens with one attached hydrogen (secondary N) is 1. The van der Waals surface area contributed by atoms with E-state index < -0.39 is 26.6 Å². The number of hydrogen-bond donors (Lipinski definition) is 2. The Kier molecular flexibility index (Phi) is 28.1. The largest absolute Gasteiger partial charge is 0.756 e. The smallest absolute Gasteiger partial charge is 0.268 e. The number of rotatable bonds is 31. The number of allylic oxidation sites excluding steroid dienone is 5. The lowest BCUT2D eigenvalue weighted by Gasteiger charge is -2.29. The molecule has 0 bridgehead atoms. The zero-order chi connectivity index (χ0) is 33.7. The molecule has 0 heterocycles. The number of unbranched alkanes of at least 4 members (excludes halogenated alkanes) is 15. The average Bonchev–Trinajstić information content (AvgIpc) is 2.97. The maximum absolute atomic E-state index is 12.7. The molecule has 0 aromatic rings. The number of hydrogen-bond acceptors (Lipinski definition) is 6. The van der Waals surface area contributed by atoms with E-state index in [1.54, 1.807) is 12.2 Å². The summed E-state index contributed by atoms with van der Waals surface area (Å²) in [5, 5.41) is 13.6. The molecular formula is C36H69N2O6P. The Morgan fingerprint density at radius 2 is 1.29 bits per heavy atom. The van der Waals surface area contributed by atoms with Crippen LogP contribution in [0, 0.1) is 0 Å². The number of carbonyl (C=O) groups is 1. The van der Waals surface area contributed by atoms with E-state index in [4.69, 9.17) is 9.05 Å². The van der Waals surface area contributed by atoms with E-state index in [1.165, 1.54) is 64.2 Å². The molecule has 2 N–H and O–H groups in total. The number of aliphatic hydroxyl groups is 1. The third-order valence-electron chi connectivity index (χ3n) is 7.63. The summed E-state index contributed by atoms with van der Waals surface area (Å²) in [6.45, 7) is 4.51. The van der Waals surface area contributed by atoms with Crippen LogP contribution in [0.1, 0.15) is 136 Å². The summed E-state index contributed by atoms with van der Waals surface area (Å²) in [5.74, 6) is -0.229. The van der Waals surface area contributed by atoms with Crippen LogP contribution in [0.3, 0.4) is 0 Å². The van der Waals surface area contributed by atoms with E-state index in [2.05, 4.69) is 37.4 Å². The van der Waals surface area contributed by atoms with Gasteiger partial charge in [0, 0.05) is 6.42 Å². The minimum absolute atomic E-state index is 0.0115. The van der Waals surface area contributed by atoms with Gasteiger partial charge >= 0.3 is 0 Å². The van der Waals surface area contributed by atoms with Gasteiger partial charge in [-0.15, -0.1) is 0 Å². The molecule has 264 valence electrons. The Balaban J connectivity index is 4.61. The van der Waals surface area contributed by atoms with E-state index in [9.17, 15) is 19.4 Å². The molecule has 0 aliphatic rings. The average molecular weight is 657 g/mol. The van der Waals surface area contributed by atoms with Crippen LogP contribution in [-0.4, -0.2) is 68.5 Å². The molecule has 3 atom stereocenters. The van der Waals surface area contributed by atoms with Gasteiger partial charge in [0.15, 0.2) is 0 Å².